The van der Waals surface area contributed by atoms with E-state index in [1.165, 1.54) is 4.90 Å². The van der Waals surface area contributed by atoms with Gasteiger partial charge in [-0.3, -0.25) is 19.5 Å². The quantitative estimate of drug-likeness (QED) is 0.323. The van der Waals surface area contributed by atoms with Gasteiger partial charge < -0.3 is 9.84 Å². The second-order valence-electron chi connectivity index (χ2n) is 7.94. The van der Waals surface area contributed by atoms with E-state index in [0.29, 0.717) is 38.8 Å². The predicted molar refractivity (Wildman–Crippen MR) is 128 cm³/mol. The van der Waals surface area contributed by atoms with Crippen molar-refractivity contribution in [3.8, 4) is 5.75 Å². The molecule has 1 unspecified atom stereocenters. The van der Waals surface area contributed by atoms with Crippen molar-refractivity contribution in [3.05, 3.63) is 93.3 Å². The molecule has 1 aromatic heterocycles. The van der Waals surface area contributed by atoms with E-state index in [0.717, 1.165) is 5.56 Å². The second-order valence-corrected chi connectivity index (χ2v) is 8.35. The Balaban J connectivity index is 2.00. The summed E-state index contributed by atoms with van der Waals surface area (Å²) in [6.45, 7) is 5.44. The first-order chi connectivity index (χ1) is 15.8. The normalized spacial score (nSPS) is 17.5. The lowest BCUT2D eigenvalue weighted by atomic mass is 9.94. The van der Waals surface area contributed by atoms with Crippen LogP contribution in [0.2, 0.25) is 5.02 Å². The number of pyridine rings is 1. The van der Waals surface area contributed by atoms with Crippen LogP contribution in [0.3, 0.4) is 0 Å². The van der Waals surface area contributed by atoms with Crippen molar-refractivity contribution in [3.63, 3.8) is 0 Å². The number of ether oxygens (including phenoxy) is 1. The number of carbonyl (C=O) groups is 2. The number of aromatic nitrogens is 1. The van der Waals surface area contributed by atoms with Gasteiger partial charge in [0.15, 0.2) is 0 Å². The Morgan fingerprint density at radius 1 is 1.06 bits per heavy atom. The molecule has 7 heteroatoms. The molecule has 33 heavy (non-hydrogen) atoms. The monoisotopic (exact) mass is 462 g/mol. The van der Waals surface area contributed by atoms with Crippen molar-refractivity contribution < 1.29 is 19.4 Å². The summed E-state index contributed by atoms with van der Waals surface area (Å²) in [7, 11) is 1.57. The third-order valence-corrected chi connectivity index (χ3v) is 6.32. The molecule has 0 saturated carbocycles. The SMILES string of the molecule is COc1cc(C)c(/C(O)=C2\C(=O)C(=O)N(c3cccc(Cl)c3C)C2c2ccccn2)cc1C. The summed E-state index contributed by atoms with van der Waals surface area (Å²) in [5.41, 5.74) is 3.53. The molecule has 0 spiro atoms. The van der Waals surface area contributed by atoms with E-state index in [4.69, 9.17) is 16.3 Å². The van der Waals surface area contributed by atoms with Crippen molar-refractivity contribution in [2.45, 2.75) is 26.8 Å². The van der Waals surface area contributed by atoms with Crippen molar-refractivity contribution in [1.82, 2.24) is 4.98 Å². The molecular formula is C26H23ClN2O4. The number of anilines is 1. The summed E-state index contributed by atoms with van der Waals surface area (Å²) < 4.78 is 5.36. The van der Waals surface area contributed by atoms with E-state index in [2.05, 4.69) is 4.98 Å². The first kappa shape index (κ1) is 22.6. The molecule has 4 rings (SSSR count). The van der Waals surface area contributed by atoms with Gasteiger partial charge in [0.05, 0.1) is 18.4 Å². The molecule has 1 atom stereocenters. The van der Waals surface area contributed by atoms with Crippen LogP contribution in [-0.2, 0) is 9.59 Å². The van der Waals surface area contributed by atoms with Crippen molar-refractivity contribution in [2.24, 2.45) is 0 Å². The largest absolute Gasteiger partial charge is 0.507 e. The number of Topliss-reactive ketones (excluding diaryl/α,β-unsaturated/α-hetero) is 1. The zero-order valence-electron chi connectivity index (χ0n) is 18.7. The number of aliphatic hydroxyl groups excluding tert-OH is 1. The number of hydrogen-bond donors (Lipinski definition) is 1. The van der Waals surface area contributed by atoms with Gasteiger partial charge in [0.1, 0.15) is 17.6 Å². The topological polar surface area (TPSA) is 79.7 Å². The number of amides is 1. The van der Waals surface area contributed by atoms with Crippen LogP contribution in [-0.4, -0.2) is 28.9 Å². The van der Waals surface area contributed by atoms with Crippen LogP contribution in [0.4, 0.5) is 5.69 Å². The van der Waals surface area contributed by atoms with Crippen LogP contribution >= 0.6 is 11.6 Å². The Bertz CT molecular complexity index is 1300. The van der Waals surface area contributed by atoms with E-state index >= 15 is 0 Å². The number of halogens is 1. The highest BCUT2D eigenvalue weighted by atomic mass is 35.5. The number of ketones is 1. The summed E-state index contributed by atoms with van der Waals surface area (Å²) in [6.07, 6.45) is 1.59. The first-order valence-corrected chi connectivity index (χ1v) is 10.8. The molecule has 6 nitrogen and oxygen atoms in total. The van der Waals surface area contributed by atoms with E-state index in [1.807, 2.05) is 13.8 Å². The van der Waals surface area contributed by atoms with Crippen molar-refractivity contribution >= 4 is 34.7 Å². The molecule has 1 N–H and O–H groups in total. The van der Waals surface area contributed by atoms with Gasteiger partial charge in [-0.2, -0.15) is 0 Å². The fraction of sp³-hybridized carbons (Fsp3) is 0.192. The third-order valence-electron chi connectivity index (χ3n) is 5.91. The summed E-state index contributed by atoms with van der Waals surface area (Å²) in [6, 6.07) is 13.0. The van der Waals surface area contributed by atoms with Gasteiger partial charge in [0, 0.05) is 22.5 Å². The summed E-state index contributed by atoms with van der Waals surface area (Å²) >= 11 is 6.32. The highest BCUT2D eigenvalue weighted by molar-refractivity contribution is 6.52. The molecule has 1 fully saturated rings. The van der Waals surface area contributed by atoms with Gasteiger partial charge in [-0.1, -0.05) is 23.7 Å². The zero-order valence-corrected chi connectivity index (χ0v) is 19.5. The third kappa shape index (κ3) is 3.76. The highest BCUT2D eigenvalue weighted by Crippen LogP contribution is 2.44. The number of rotatable bonds is 4. The maximum absolute atomic E-state index is 13.3. The van der Waals surface area contributed by atoms with Gasteiger partial charge in [-0.05, 0) is 73.9 Å². The minimum absolute atomic E-state index is 0.0225. The van der Waals surface area contributed by atoms with Crippen molar-refractivity contribution in [2.75, 3.05) is 12.0 Å². The zero-order chi connectivity index (χ0) is 23.9. The Hall–Kier alpha value is -3.64. The number of hydrogen-bond acceptors (Lipinski definition) is 5. The lowest BCUT2D eigenvalue weighted by Crippen LogP contribution is -2.30. The molecule has 1 aliphatic rings. The van der Waals surface area contributed by atoms with Crippen LogP contribution in [0.5, 0.6) is 5.75 Å². The molecule has 168 valence electrons. The number of methoxy groups -OCH3 is 1. The summed E-state index contributed by atoms with van der Waals surface area (Å²) in [5.74, 6) is -1.12. The van der Waals surface area contributed by atoms with Crippen LogP contribution in [0.25, 0.3) is 5.76 Å². The van der Waals surface area contributed by atoms with Gasteiger partial charge in [-0.15, -0.1) is 0 Å². The Morgan fingerprint density at radius 2 is 1.82 bits per heavy atom. The number of carbonyl (C=O) groups excluding carboxylic acids is 2. The summed E-state index contributed by atoms with van der Waals surface area (Å²) in [4.78, 5) is 32.4. The number of nitrogens with zero attached hydrogens (tertiary/aromatic N) is 2. The maximum Gasteiger partial charge on any atom is 0.300 e. The Kier molecular flexibility index (Phi) is 5.95. The van der Waals surface area contributed by atoms with Crippen LogP contribution in [0.15, 0.2) is 60.3 Å². The van der Waals surface area contributed by atoms with Crippen LogP contribution in [0.1, 0.15) is 34.0 Å². The van der Waals surface area contributed by atoms with Gasteiger partial charge >= 0.3 is 0 Å². The number of benzene rings is 2. The molecule has 3 aromatic rings. The first-order valence-electron chi connectivity index (χ1n) is 10.4. The lowest BCUT2D eigenvalue weighted by molar-refractivity contribution is -0.132. The van der Waals surface area contributed by atoms with E-state index < -0.39 is 17.7 Å². The highest BCUT2D eigenvalue weighted by Gasteiger charge is 2.48. The summed E-state index contributed by atoms with van der Waals surface area (Å²) in [5, 5.41) is 11.9. The van der Waals surface area contributed by atoms with Gasteiger partial charge in [0.2, 0.25) is 0 Å². The predicted octanol–water partition coefficient (Wildman–Crippen LogP) is 5.30. The fourth-order valence-corrected chi connectivity index (χ4v) is 4.33. The second kappa shape index (κ2) is 8.71. The molecule has 1 aliphatic heterocycles. The molecule has 2 aromatic carbocycles. The molecule has 1 amide bonds. The Labute approximate surface area is 197 Å². The molecule has 1 saturated heterocycles. The molecule has 0 aliphatic carbocycles. The minimum Gasteiger partial charge on any atom is -0.507 e. The number of aliphatic hydroxyl groups is 1. The molecular weight excluding hydrogens is 440 g/mol. The average molecular weight is 463 g/mol. The van der Waals surface area contributed by atoms with Gasteiger partial charge in [0.25, 0.3) is 11.7 Å². The molecule has 2 heterocycles. The van der Waals surface area contributed by atoms with E-state index in [-0.39, 0.29) is 11.3 Å². The van der Waals surface area contributed by atoms with Gasteiger partial charge in [-0.25, -0.2) is 0 Å². The van der Waals surface area contributed by atoms with Crippen molar-refractivity contribution in [1.29, 1.82) is 0 Å². The van der Waals surface area contributed by atoms with E-state index in [9.17, 15) is 14.7 Å². The lowest BCUT2D eigenvalue weighted by Gasteiger charge is -2.26. The fourth-order valence-electron chi connectivity index (χ4n) is 4.17. The smallest absolute Gasteiger partial charge is 0.300 e. The van der Waals surface area contributed by atoms with Crippen LogP contribution < -0.4 is 9.64 Å². The Morgan fingerprint density at radius 3 is 2.48 bits per heavy atom. The average Bonchev–Trinajstić information content (AvgIpc) is 3.07. The maximum atomic E-state index is 13.3. The van der Waals surface area contributed by atoms with E-state index in [1.54, 1.807) is 68.8 Å². The standard InChI is InChI=1S/C26H23ClN2O4/c1-14-13-21(33-4)15(2)12-17(14)24(30)22-23(19-9-5-6-11-28-19)29(26(32)25(22)31)20-10-7-8-18(27)16(20)3/h5-13,23,30H,1-4H3/b24-22+. The molecule has 0 bridgehead atoms. The molecule has 0 radical (unpaired) electrons. The van der Waals surface area contributed by atoms with Crippen LogP contribution in [0, 0.1) is 20.8 Å². The number of aryl methyl sites for hydroxylation is 2. The minimum atomic E-state index is -0.912.